The van der Waals surface area contributed by atoms with Crippen molar-refractivity contribution in [3.8, 4) is 0 Å². The summed E-state index contributed by atoms with van der Waals surface area (Å²) in [6.45, 7) is 8.25. The van der Waals surface area contributed by atoms with Crippen molar-refractivity contribution in [1.82, 2.24) is 20.0 Å². The Balaban J connectivity index is 1.22. The molecule has 3 saturated heterocycles. The monoisotopic (exact) mass is 422 g/mol. The second kappa shape index (κ2) is 10.4. The fourth-order valence-corrected chi connectivity index (χ4v) is 5.48. The second-order valence-corrected chi connectivity index (χ2v) is 9.26. The highest BCUT2D eigenvalue weighted by Crippen LogP contribution is 2.33. The van der Waals surface area contributed by atoms with Gasteiger partial charge in [0, 0.05) is 58.0 Å². The van der Waals surface area contributed by atoms with E-state index in [1.807, 2.05) is 4.90 Å². The van der Waals surface area contributed by atoms with Crippen molar-refractivity contribution in [2.45, 2.75) is 56.6 Å². The molecule has 4 rings (SSSR count). The molecule has 0 bridgehead atoms. The van der Waals surface area contributed by atoms with Crippen LogP contribution in [-0.4, -0.2) is 110 Å². The van der Waals surface area contributed by atoms with Gasteiger partial charge < -0.3 is 19.7 Å². The largest absolute Gasteiger partial charge is 0.379 e. The zero-order valence-electron chi connectivity index (χ0n) is 18.3. The van der Waals surface area contributed by atoms with Crippen molar-refractivity contribution in [1.29, 1.82) is 0 Å². The summed E-state index contributed by atoms with van der Waals surface area (Å²) >= 11 is 0. The molecule has 0 radical (unpaired) electrons. The average Bonchev–Trinajstić information content (AvgIpc) is 3.34. The molecule has 0 aromatic rings. The van der Waals surface area contributed by atoms with Gasteiger partial charge in [-0.05, 0) is 25.7 Å². The number of amides is 2. The molecule has 1 aliphatic carbocycles. The van der Waals surface area contributed by atoms with Gasteiger partial charge >= 0.3 is 0 Å². The molecule has 8 nitrogen and oxygen atoms in total. The fraction of sp³-hybridized carbons (Fsp3) is 0.909. The van der Waals surface area contributed by atoms with E-state index in [0.29, 0.717) is 26.2 Å². The van der Waals surface area contributed by atoms with Crippen LogP contribution in [0.25, 0.3) is 0 Å². The Morgan fingerprint density at radius 3 is 2.30 bits per heavy atom. The molecule has 4 fully saturated rings. The normalized spacial score (nSPS) is 28.4. The highest BCUT2D eigenvalue weighted by molar-refractivity contribution is 5.81. The van der Waals surface area contributed by atoms with Crippen LogP contribution in [0.2, 0.25) is 0 Å². The predicted molar refractivity (Wildman–Crippen MR) is 113 cm³/mol. The van der Waals surface area contributed by atoms with E-state index in [9.17, 15) is 9.59 Å². The molecule has 0 spiro atoms. The summed E-state index contributed by atoms with van der Waals surface area (Å²) in [6, 6.07) is 0. The van der Waals surface area contributed by atoms with Crippen molar-refractivity contribution >= 4 is 11.8 Å². The SMILES string of the molecule is O=C(CN1CCN(C(=O)C2CCCO2)CC1)NCC1(N2CCOCC2)CCCCC1. The first-order valence-corrected chi connectivity index (χ1v) is 11.9. The van der Waals surface area contributed by atoms with Crippen molar-refractivity contribution in [2.24, 2.45) is 0 Å². The molecular formula is C22H38N4O4. The number of ether oxygens (including phenoxy) is 2. The van der Waals surface area contributed by atoms with Crippen molar-refractivity contribution in [3.63, 3.8) is 0 Å². The van der Waals surface area contributed by atoms with Gasteiger partial charge in [0.05, 0.1) is 19.8 Å². The molecule has 3 aliphatic heterocycles. The lowest BCUT2D eigenvalue weighted by Crippen LogP contribution is -2.60. The first kappa shape index (κ1) is 22.0. The van der Waals surface area contributed by atoms with Crippen LogP contribution in [0.4, 0.5) is 0 Å². The lowest BCUT2D eigenvalue weighted by molar-refractivity contribution is -0.142. The summed E-state index contributed by atoms with van der Waals surface area (Å²) in [6.07, 6.45) is 7.69. The molecule has 0 aromatic heterocycles. The van der Waals surface area contributed by atoms with E-state index >= 15 is 0 Å². The van der Waals surface area contributed by atoms with Crippen LogP contribution in [0, 0.1) is 0 Å². The van der Waals surface area contributed by atoms with E-state index < -0.39 is 0 Å². The topological polar surface area (TPSA) is 74.4 Å². The fourth-order valence-electron chi connectivity index (χ4n) is 5.48. The number of hydrogen-bond donors (Lipinski definition) is 1. The van der Waals surface area contributed by atoms with Gasteiger partial charge in [-0.1, -0.05) is 19.3 Å². The third-order valence-corrected chi connectivity index (χ3v) is 7.34. The molecule has 1 saturated carbocycles. The molecule has 1 unspecified atom stereocenters. The van der Waals surface area contributed by atoms with Gasteiger partial charge in [0.25, 0.3) is 5.91 Å². The summed E-state index contributed by atoms with van der Waals surface area (Å²) in [5, 5.41) is 3.25. The highest BCUT2D eigenvalue weighted by Gasteiger charge is 2.39. The summed E-state index contributed by atoms with van der Waals surface area (Å²) in [7, 11) is 0. The summed E-state index contributed by atoms with van der Waals surface area (Å²) in [5.41, 5.74) is 0.101. The lowest BCUT2D eigenvalue weighted by atomic mass is 9.79. The van der Waals surface area contributed by atoms with Crippen LogP contribution in [0.5, 0.6) is 0 Å². The molecule has 30 heavy (non-hydrogen) atoms. The van der Waals surface area contributed by atoms with Crippen LogP contribution in [0.1, 0.15) is 44.9 Å². The van der Waals surface area contributed by atoms with Gasteiger partial charge in [0.1, 0.15) is 6.10 Å². The Morgan fingerprint density at radius 2 is 1.63 bits per heavy atom. The zero-order valence-corrected chi connectivity index (χ0v) is 18.3. The number of carbonyl (C=O) groups is 2. The van der Waals surface area contributed by atoms with Crippen LogP contribution in [-0.2, 0) is 19.1 Å². The van der Waals surface area contributed by atoms with Crippen molar-refractivity contribution in [3.05, 3.63) is 0 Å². The zero-order chi connectivity index (χ0) is 20.8. The molecule has 1 N–H and O–H groups in total. The van der Waals surface area contributed by atoms with Crippen molar-refractivity contribution < 1.29 is 19.1 Å². The van der Waals surface area contributed by atoms with Gasteiger partial charge in [-0.25, -0.2) is 0 Å². The Kier molecular flexibility index (Phi) is 7.62. The van der Waals surface area contributed by atoms with Crippen LogP contribution >= 0.6 is 0 Å². The van der Waals surface area contributed by atoms with Gasteiger partial charge in [-0.3, -0.25) is 19.4 Å². The summed E-state index contributed by atoms with van der Waals surface area (Å²) in [4.78, 5) is 31.8. The minimum Gasteiger partial charge on any atom is -0.379 e. The Bertz CT molecular complexity index is 576. The Hall–Kier alpha value is -1.22. The maximum atomic E-state index is 12.7. The standard InChI is InChI=1S/C22H38N4O4/c27-20(17-24-8-10-25(11-9-24)21(28)19-5-4-14-30-19)23-18-22(6-2-1-3-7-22)26-12-15-29-16-13-26/h19H,1-18H2,(H,23,27). The first-order valence-electron chi connectivity index (χ1n) is 11.9. The van der Waals surface area contributed by atoms with E-state index in [4.69, 9.17) is 9.47 Å². The van der Waals surface area contributed by atoms with E-state index in [2.05, 4.69) is 15.1 Å². The molecule has 170 valence electrons. The predicted octanol–water partition coefficient (Wildman–Crippen LogP) is 0.461. The molecule has 1 atom stereocenters. The quantitative estimate of drug-likeness (QED) is 0.671. The number of nitrogens with zero attached hydrogens (tertiary/aromatic N) is 3. The second-order valence-electron chi connectivity index (χ2n) is 9.26. The number of rotatable bonds is 6. The van der Waals surface area contributed by atoms with E-state index in [1.165, 1.54) is 19.3 Å². The van der Waals surface area contributed by atoms with Crippen LogP contribution in [0.15, 0.2) is 0 Å². The summed E-state index contributed by atoms with van der Waals surface area (Å²) in [5.74, 6) is 0.230. The molecular weight excluding hydrogens is 384 g/mol. The Labute approximate surface area is 180 Å². The summed E-state index contributed by atoms with van der Waals surface area (Å²) < 4.78 is 11.1. The third kappa shape index (κ3) is 5.33. The maximum absolute atomic E-state index is 12.7. The molecule has 2 amide bonds. The first-order chi connectivity index (χ1) is 14.7. The van der Waals surface area contributed by atoms with E-state index in [1.54, 1.807) is 0 Å². The molecule has 0 aromatic carbocycles. The molecule has 8 heteroatoms. The number of nitrogens with one attached hydrogen (secondary N) is 1. The van der Waals surface area contributed by atoms with Crippen LogP contribution in [0.3, 0.4) is 0 Å². The molecule has 4 aliphatic rings. The third-order valence-electron chi connectivity index (χ3n) is 7.34. The number of carbonyl (C=O) groups excluding carboxylic acids is 2. The number of morpholine rings is 1. The average molecular weight is 423 g/mol. The Morgan fingerprint density at radius 1 is 0.900 bits per heavy atom. The van der Waals surface area contributed by atoms with Gasteiger partial charge in [0.2, 0.25) is 5.91 Å². The van der Waals surface area contributed by atoms with Crippen molar-refractivity contribution in [2.75, 3.05) is 72.2 Å². The van der Waals surface area contributed by atoms with Gasteiger partial charge in [-0.2, -0.15) is 0 Å². The minimum atomic E-state index is -0.244. The van der Waals surface area contributed by atoms with Gasteiger partial charge in [0.15, 0.2) is 0 Å². The minimum absolute atomic E-state index is 0.101. The number of piperazine rings is 1. The van der Waals surface area contributed by atoms with E-state index in [-0.39, 0.29) is 23.5 Å². The smallest absolute Gasteiger partial charge is 0.251 e. The number of hydrogen-bond acceptors (Lipinski definition) is 6. The van der Waals surface area contributed by atoms with Crippen LogP contribution < -0.4 is 5.32 Å². The maximum Gasteiger partial charge on any atom is 0.251 e. The van der Waals surface area contributed by atoms with E-state index in [0.717, 1.165) is 71.6 Å². The van der Waals surface area contributed by atoms with Gasteiger partial charge in [-0.15, -0.1) is 0 Å². The highest BCUT2D eigenvalue weighted by atomic mass is 16.5. The molecule has 3 heterocycles. The lowest BCUT2D eigenvalue weighted by Gasteiger charge is -2.48.